The monoisotopic (exact) mass is 344 g/mol. The summed E-state index contributed by atoms with van der Waals surface area (Å²) in [6.07, 6.45) is 0. The van der Waals surface area contributed by atoms with Crippen LogP contribution < -0.4 is 10.1 Å². The van der Waals surface area contributed by atoms with E-state index in [9.17, 15) is 18.8 Å². The zero-order chi connectivity index (χ0) is 14.7. The predicted octanol–water partition coefficient (Wildman–Crippen LogP) is 0.452. The van der Waals surface area contributed by atoms with Gasteiger partial charge in [-0.15, -0.1) is 0 Å². The third-order valence-corrected chi connectivity index (χ3v) is 3.17. The first-order chi connectivity index (χ1) is 9.45. The Kier molecular flexibility index (Phi) is 4.33. The maximum Gasteiger partial charge on any atom is 0.261 e. The molecule has 0 bridgehead atoms. The number of ether oxygens (including phenoxy) is 1. The van der Waals surface area contributed by atoms with Gasteiger partial charge >= 0.3 is 0 Å². The molecule has 1 N–H and O–H groups in total. The molecule has 6 nitrogen and oxygen atoms in total. The van der Waals surface area contributed by atoms with Crippen molar-refractivity contribution in [3.63, 3.8) is 0 Å². The van der Waals surface area contributed by atoms with E-state index in [0.717, 1.165) is 4.90 Å². The van der Waals surface area contributed by atoms with Crippen molar-refractivity contribution in [3.05, 3.63) is 28.5 Å². The molecule has 20 heavy (non-hydrogen) atoms. The summed E-state index contributed by atoms with van der Waals surface area (Å²) in [4.78, 5) is 35.2. The summed E-state index contributed by atoms with van der Waals surface area (Å²) in [5, 5.41) is 2.09. The van der Waals surface area contributed by atoms with Crippen molar-refractivity contribution in [2.24, 2.45) is 0 Å². The predicted molar refractivity (Wildman–Crippen MR) is 69.3 cm³/mol. The van der Waals surface area contributed by atoms with Crippen LogP contribution >= 0.6 is 15.9 Å². The number of nitrogens with one attached hydrogen (secondary N) is 1. The van der Waals surface area contributed by atoms with Crippen LogP contribution in [0.2, 0.25) is 0 Å². The summed E-state index contributed by atoms with van der Waals surface area (Å²) >= 11 is 3.10. The molecule has 0 atom stereocenters. The lowest BCUT2D eigenvalue weighted by atomic mass is 10.3. The summed E-state index contributed by atoms with van der Waals surface area (Å²) in [6, 6.07) is 3.78. The van der Waals surface area contributed by atoms with Gasteiger partial charge in [0.05, 0.1) is 4.47 Å². The van der Waals surface area contributed by atoms with Crippen LogP contribution in [0.4, 0.5) is 4.39 Å². The second-order valence-electron chi connectivity index (χ2n) is 4.08. The number of nitrogens with zero attached hydrogens (tertiary/aromatic N) is 1. The highest BCUT2D eigenvalue weighted by molar-refractivity contribution is 9.10. The molecule has 8 heteroatoms. The number of amides is 3. The SMILES string of the molecule is O=C1CN(C(=O)COc2ccc(F)cc2Br)CC(=O)N1. The Labute approximate surface area is 122 Å². The maximum absolute atomic E-state index is 12.9. The molecule has 106 valence electrons. The standard InChI is InChI=1S/C12H10BrFN2O4/c13-8-3-7(14)1-2-9(8)20-6-12(19)16-4-10(17)15-11(18)5-16/h1-3H,4-6H2,(H,15,17,18). The number of imide groups is 1. The molecule has 0 aliphatic carbocycles. The summed E-state index contributed by atoms with van der Waals surface area (Å²) in [6.45, 7) is -0.707. The van der Waals surface area contributed by atoms with E-state index < -0.39 is 23.5 Å². The van der Waals surface area contributed by atoms with Crippen LogP contribution in [0.3, 0.4) is 0 Å². The van der Waals surface area contributed by atoms with Crippen LogP contribution in [0.5, 0.6) is 5.75 Å². The maximum atomic E-state index is 12.9. The molecule has 1 heterocycles. The van der Waals surface area contributed by atoms with E-state index in [1.54, 1.807) is 0 Å². The fourth-order valence-electron chi connectivity index (χ4n) is 1.64. The third-order valence-electron chi connectivity index (χ3n) is 2.55. The van der Waals surface area contributed by atoms with Crippen molar-refractivity contribution >= 4 is 33.7 Å². The van der Waals surface area contributed by atoms with Gasteiger partial charge in [-0.1, -0.05) is 0 Å². The van der Waals surface area contributed by atoms with Gasteiger partial charge in [-0.25, -0.2) is 4.39 Å². The molecule has 1 aromatic carbocycles. The number of rotatable bonds is 3. The fraction of sp³-hybridized carbons (Fsp3) is 0.250. The molecule has 0 radical (unpaired) electrons. The van der Waals surface area contributed by atoms with Gasteiger partial charge in [0.15, 0.2) is 6.61 Å². The number of benzene rings is 1. The van der Waals surface area contributed by atoms with E-state index in [4.69, 9.17) is 4.74 Å². The molecule has 3 amide bonds. The van der Waals surface area contributed by atoms with Gasteiger partial charge in [0.25, 0.3) is 5.91 Å². The molecule has 1 aliphatic heterocycles. The van der Waals surface area contributed by atoms with Crippen molar-refractivity contribution in [2.45, 2.75) is 0 Å². The smallest absolute Gasteiger partial charge is 0.261 e. The van der Waals surface area contributed by atoms with Gasteiger partial charge in [0, 0.05) is 0 Å². The molecule has 0 unspecified atom stereocenters. The van der Waals surface area contributed by atoms with E-state index in [1.807, 2.05) is 0 Å². The molecule has 2 rings (SSSR count). The molecule has 1 aliphatic rings. The van der Waals surface area contributed by atoms with Gasteiger partial charge in [-0.05, 0) is 34.1 Å². The third kappa shape index (κ3) is 3.53. The lowest BCUT2D eigenvalue weighted by molar-refractivity contribution is -0.146. The second kappa shape index (κ2) is 6.00. The summed E-state index contributed by atoms with van der Waals surface area (Å²) in [5.41, 5.74) is 0. The van der Waals surface area contributed by atoms with Crippen LogP contribution in [0.15, 0.2) is 22.7 Å². The minimum atomic E-state index is -0.530. The van der Waals surface area contributed by atoms with Crippen LogP contribution in [0.25, 0.3) is 0 Å². The van der Waals surface area contributed by atoms with Crippen molar-refractivity contribution in [1.82, 2.24) is 10.2 Å². The molecule has 0 spiro atoms. The highest BCUT2D eigenvalue weighted by Crippen LogP contribution is 2.25. The van der Waals surface area contributed by atoms with E-state index in [-0.39, 0.29) is 19.7 Å². The van der Waals surface area contributed by atoms with Gasteiger partial charge in [0.1, 0.15) is 24.7 Å². The number of carbonyl (C=O) groups excluding carboxylic acids is 3. The second-order valence-corrected chi connectivity index (χ2v) is 4.94. The average Bonchev–Trinajstić information content (AvgIpc) is 2.36. The minimum absolute atomic E-state index is 0.182. The highest BCUT2D eigenvalue weighted by atomic mass is 79.9. The van der Waals surface area contributed by atoms with Crippen molar-refractivity contribution < 1.29 is 23.5 Å². The number of piperazine rings is 1. The Hall–Kier alpha value is -1.96. The van der Waals surface area contributed by atoms with Gasteiger partial charge in [-0.2, -0.15) is 0 Å². The number of halogens is 2. The Morgan fingerprint density at radius 3 is 2.60 bits per heavy atom. The van der Waals surface area contributed by atoms with Crippen LogP contribution in [0, 0.1) is 5.82 Å². The largest absolute Gasteiger partial charge is 0.483 e. The first-order valence-corrected chi connectivity index (χ1v) is 6.43. The fourth-order valence-corrected chi connectivity index (χ4v) is 2.10. The quantitative estimate of drug-likeness (QED) is 0.808. The molecule has 1 aromatic rings. The van der Waals surface area contributed by atoms with E-state index in [0.29, 0.717) is 10.2 Å². The van der Waals surface area contributed by atoms with Crippen LogP contribution in [-0.2, 0) is 14.4 Å². The van der Waals surface area contributed by atoms with Crippen molar-refractivity contribution in [1.29, 1.82) is 0 Å². The molecule has 1 saturated heterocycles. The van der Waals surface area contributed by atoms with Crippen LogP contribution in [0.1, 0.15) is 0 Å². The molecule has 0 aromatic heterocycles. The summed E-state index contributed by atoms with van der Waals surface area (Å²) in [5.74, 6) is -1.69. The highest BCUT2D eigenvalue weighted by Gasteiger charge is 2.26. The van der Waals surface area contributed by atoms with Gasteiger partial charge < -0.3 is 9.64 Å². The lowest BCUT2D eigenvalue weighted by Gasteiger charge is -2.25. The topological polar surface area (TPSA) is 75.7 Å². The zero-order valence-corrected chi connectivity index (χ0v) is 11.8. The first-order valence-electron chi connectivity index (χ1n) is 5.64. The number of hydrogen-bond donors (Lipinski definition) is 1. The normalized spacial score (nSPS) is 15.0. The molecule has 0 saturated carbocycles. The van der Waals surface area contributed by atoms with Gasteiger partial charge in [-0.3, -0.25) is 19.7 Å². The lowest BCUT2D eigenvalue weighted by Crippen LogP contribution is -2.54. The molecular formula is C12H10BrFN2O4. The van der Waals surface area contributed by atoms with E-state index in [2.05, 4.69) is 21.2 Å². The zero-order valence-electron chi connectivity index (χ0n) is 10.2. The molecule has 1 fully saturated rings. The Bertz CT molecular complexity index is 563. The summed E-state index contributed by atoms with van der Waals surface area (Å²) in [7, 11) is 0. The minimum Gasteiger partial charge on any atom is -0.483 e. The Morgan fingerprint density at radius 1 is 1.35 bits per heavy atom. The van der Waals surface area contributed by atoms with Crippen molar-refractivity contribution in [3.8, 4) is 5.75 Å². The number of hydrogen-bond acceptors (Lipinski definition) is 4. The molecular weight excluding hydrogens is 335 g/mol. The van der Waals surface area contributed by atoms with E-state index in [1.165, 1.54) is 18.2 Å². The average molecular weight is 345 g/mol. The Morgan fingerprint density at radius 2 is 2.00 bits per heavy atom. The van der Waals surface area contributed by atoms with Crippen molar-refractivity contribution in [2.75, 3.05) is 19.7 Å². The number of carbonyl (C=O) groups is 3. The van der Waals surface area contributed by atoms with Gasteiger partial charge in [0.2, 0.25) is 11.8 Å². The van der Waals surface area contributed by atoms with Crippen LogP contribution in [-0.4, -0.2) is 42.3 Å². The van der Waals surface area contributed by atoms with E-state index >= 15 is 0 Å². The summed E-state index contributed by atoms with van der Waals surface area (Å²) < 4.78 is 18.5. The Balaban J connectivity index is 1.95. The first kappa shape index (κ1) is 14.4.